The summed E-state index contributed by atoms with van der Waals surface area (Å²) in [4.78, 5) is 24.1. The molecule has 6 heteroatoms. The number of hydrogen-bond donors (Lipinski definition) is 2. The van der Waals surface area contributed by atoms with E-state index in [2.05, 4.69) is 24.5 Å². The number of carbonyl (C=O) groups is 2. The number of anilines is 1. The Morgan fingerprint density at radius 2 is 1.75 bits per heavy atom. The van der Waals surface area contributed by atoms with E-state index in [1.54, 1.807) is 25.1 Å². The lowest BCUT2D eigenvalue weighted by atomic mass is 10.0. The number of carbonyl (C=O) groups excluding carboxylic acids is 2. The molecule has 0 aliphatic carbocycles. The van der Waals surface area contributed by atoms with Gasteiger partial charge in [-0.3, -0.25) is 9.59 Å². The van der Waals surface area contributed by atoms with Gasteiger partial charge >= 0.3 is 0 Å². The Kier molecular flexibility index (Phi) is 7.58. The minimum Gasteiger partial charge on any atom is -0.481 e. The van der Waals surface area contributed by atoms with Gasteiger partial charge in [0.05, 0.1) is 6.07 Å². The maximum Gasteiger partial charge on any atom is 0.265 e. The second-order valence-electron chi connectivity index (χ2n) is 6.71. The molecule has 0 saturated heterocycles. The Morgan fingerprint density at radius 3 is 2.46 bits per heavy atom. The smallest absolute Gasteiger partial charge is 0.265 e. The first-order chi connectivity index (χ1) is 13.4. The minimum absolute atomic E-state index is 0.200. The van der Waals surface area contributed by atoms with Crippen LogP contribution in [0.3, 0.4) is 0 Å². The maximum atomic E-state index is 12.6. The molecule has 2 N–H and O–H groups in total. The highest BCUT2D eigenvalue weighted by molar-refractivity contribution is 5.94. The summed E-state index contributed by atoms with van der Waals surface area (Å²) in [5.41, 5.74) is 2.39. The number of para-hydroxylation sites is 2. The van der Waals surface area contributed by atoms with E-state index in [4.69, 9.17) is 10.00 Å². The summed E-state index contributed by atoms with van der Waals surface area (Å²) >= 11 is 0. The highest BCUT2D eigenvalue weighted by Gasteiger charge is 2.18. The summed E-state index contributed by atoms with van der Waals surface area (Å²) in [7, 11) is 0. The van der Waals surface area contributed by atoms with Gasteiger partial charge in [0.15, 0.2) is 6.10 Å². The van der Waals surface area contributed by atoms with Gasteiger partial charge in [-0.15, -0.1) is 0 Å². The molecule has 28 heavy (non-hydrogen) atoms. The molecule has 2 amide bonds. The first-order valence-corrected chi connectivity index (χ1v) is 9.20. The second kappa shape index (κ2) is 10.1. The third-order valence-electron chi connectivity index (χ3n) is 4.20. The van der Waals surface area contributed by atoms with E-state index >= 15 is 0 Å². The number of nitrogens with zero attached hydrogens (tertiary/aromatic N) is 1. The fourth-order valence-corrected chi connectivity index (χ4v) is 2.67. The number of hydrogen-bond acceptors (Lipinski definition) is 4. The molecule has 0 aliphatic rings. The lowest BCUT2D eigenvalue weighted by Crippen LogP contribution is -2.31. The summed E-state index contributed by atoms with van der Waals surface area (Å²) < 4.78 is 5.89. The van der Waals surface area contributed by atoms with Gasteiger partial charge in [-0.05, 0) is 36.1 Å². The number of nitriles is 1. The standard InChI is InChI=1S/C22H25N3O3/c1-15(2)18-9-5-7-11-20(18)28-16(3)22(27)25-19-10-6-4-8-17(19)14-24-21(26)12-13-23/h4-11,15-16H,12,14H2,1-3H3,(H,24,26)(H,25,27). The van der Waals surface area contributed by atoms with Crippen molar-refractivity contribution in [1.29, 1.82) is 5.26 Å². The normalized spacial score (nSPS) is 11.4. The van der Waals surface area contributed by atoms with E-state index in [1.807, 2.05) is 36.4 Å². The highest BCUT2D eigenvalue weighted by atomic mass is 16.5. The van der Waals surface area contributed by atoms with Crippen LogP contribution in [0.5, 0.6) is 5.75 Å². The Labute approximate surface area is 165 Å². The van der Waals surface area contributed by atoms with Gasteiger partial charge in [-0.2, -0.15) is 5.26 Å². The lowest BCUT2D eigenvalue weighted by Gasteiger charge is -2.19. The molecule has 1 atom stereocenters. The van der Waals surface area contributed by atoms with Gasteiger partial charge in [0.25, 0.3) is 5.91 Å². The van der Waals surface area contributed by atoms with Crippen LogP contribution in [-0.2, 0) is 16.1 Å². The summed E-state index contributed by atoms with van der Waals surface area (Å²) in [6.45, 7) is 6.07. The Bertz CT molecular complexity index is 871. The zero-order chi connectivity index (χ0) is 20.5. The van der Waals surface area contributed by atoms with Crippen LogP contribution in [-0.4, -0.2) is 17.9 Å². The fourth-order valence-electron chi connectivity index (χ4n) is 2.67. The maximum absolute atomic E-state index is 12.6. The van der Waals surface area contributed by atoms with Crippen molar-refractivity contribution in [2.75, 3.05) is 5.32 Å². The molecule has 0 bridgehead atoms. The molecule has 0 aliphatic heterocycles. The summed E-state index contributed by atoms with van der Waals surface area (Å²) in [5, 5.41) is 14.1. The van der Waals surface area contributed by atoms with Crippen molar-refractivity contribution >= 4 is 17.5 Å². The van der Waals surface area contributed by atoms with Gasteiger partial charge in [0, 0.05) is 12.2 Å². The molecule has 0 heterocycles. The first kappa shape index (κ1) is 21.0. The van der Waals surface area contributed by atoms with E-state index in [0.29, 0.717) is 11.4 Å². The van der Waals surface area contributed by atoms with Crippen LogP contribution in [0.15, 0.2) is 48.5 Å². The van der Waals surface area contributed by atoms with Crippen molar-refractivity contribution in [2.45, 2.75) is 45.8 Å². The van der Waals surface area contributed by atoms with E-state index in [1.165, 1.54) is 0 Å². The molecule has 1 unspecified atom stereocenters. The topological polar surface area (TPSA) is 91.2 Å². The average molecular weight is 379 g/mol. The Balaban J connectivity index is 2.05. The van der Waals surface area contributed by atoms with Gasteiger partial charge in [-0.25, -0.2) is 0 Å². The molecule has 0 radical (unpaired) electrons. The molecule has 2 rings (SSSR count). The molecule has 0 saturated carbocycles. The predicted molar refractivity (Wildman–Crippen MR) is 108 cm³/mol. The van der Waals surface area contributed by atoms with E-state index in [0.717, 1.165) is 11.1 Å². The Hall–Kier alpha value is -3.33. The molecular formula is C22H25N3O3. The van der Waals surface area contributed by atoms with E-state index in [9.17, 15) is 9.59 Å². The number of rotatable bonds is 8. The van der Waals surface area contributed by atoms with Gasteiger partial charge in [0.1, 0.15) is 12.2 Å². The van der Waals surface area contributed by atoms with Crippen LogP contribution in [0.4, 0.5) is 5.69 Å². The molecule has 6 nitrogen and oxygen atoms in total. The second-order valence-corrected chi connectivity index (χ2v) is 6.71. The summed E-state index contributed by atoms with van der Waals surface area (Å²) in [6, 6.07) is 16.7. The van der Waals surface area contributed by atoms with Crippen molar-refractivity contribution in [1.82, 2.24) is 5.32 Å². The predicted octanol–water partition coefficient (Wildman–Crippen LogP) is 3.75. The van der Waals surface area contributed by atoms with Gasteiger partial charge < -0.3 is 15.4 Å². The SMILES string of the molecule is CC(Oc1ccccc1C(C)C)C(=O)Nc1ccccc1CNC(=O)CC#N. The van der Waals surface area contributed by atoms with Crippen LogP contribution in [0.25, 0.3) is 0 Å². The van der Waals surface area contributed by atoms with Crippen molar-refractivity contribution < 1.29 is 14.3 Å². The lowest BCUT2D eigenvalue weighted by molar-refractivity contribution is -0.122. The highest BCUT2D eigenvalue weighted by Crippen LogP contribution is 2.27. The molecule has 0 aromatic heterocycles. The number of ether oxygens (including phenoxy) is 1. The average Bonchev–Trinajstić information content (AvgIpc) is 2.67. The third kappa shape index (κ3) is 5.85. The first-order valence-electron chi connectivity index (χ1n) is 9.20. The molecule has 0 fully saturated rings. The van der Waals surface area contributed by atoms with Crippen molar-refractivity contribution in [2.24, 2.45) is 0 Å². The van der Waals surface area contributed by atoms with Crippen LogP contribution >= 0.6 is 0 Å². The third-order valence-corrected chi connectivity index (χ3v) is 4.20. The Morgan fingerprint density at radius 1 is 1.07 bits per heavy atom. The molecule has 2 aromatic carbocycles. The summed E-state index contributed by atoms with van der Waals surface area (Å²) in [5.74, 6) is 0.335. The molecule has 2 aromatic rings. The van der Waals surface area contributed by atoms with Crippen molar-refractivity contribution in [3.63, 3.8) is 0 Å². The molecule has 0 spiro atoms. The molecule has 146 valence electrons. The minimum atomic E-state index is -0.693. The van der Waals surface area contributed by atoms with Crippen molar-refractivity contribution in [3.8, 4) is 11.8 Å². The van der Waals surface area contributed by atoms with Crippen LogP contribution in [0.2, 0.25) is 0 Å². The number of benzene rings is 2. The fraction of sp³-hybridized carbons (Fsp3) is 0.318. The van der Waals surface area contributed by atoms with Gasteiger partial charge in [0.2, 0.25) is 5.91 Å². The molecular weight excluding hydrogens is 354 g/mol. The largest absolute Gasteiger partial charge is 0.481 e. The zero-order valence-corrected chi connectivity index (χ0v) is 16.4. The van der Waals surface area contributed by atoms with Gasteiger partial charge in [-0.1, -0.05) is 50.2 Å². The van der Waals surface area contributed by atoms with Crippen molar-refractivity contribution in [3.05, 3.63) is 59.7 Å². The van der Waals surface area contributed by atoms with Crippen LogP contribution < -0.4 is 15.4 Å². The number of nitrogens with one attached hydrogen (secondary N) is 2. The number of amides is 2. The zero-order valence-electron chi connectivity index (χ0n) is 16.4. The van der Waals surface area contributed by atoms with Crippen LogP contribution in [0, 0.1) is 11.3 Å². The summed E-state index contributed by atoms with van der Waals surface area (Å²) in [6.07, 6.45) is -0.893. The quantitative estimate of drug-likeness (QED) is 0.731. The van der Waals surface area contributed by atoms with E-state index in [-0.39, 0.29) is 30.7 Å². The van der Waals surface area contributed by atoms with Crippen LogP contribution in [0.1, 0.15) is 44.2 Å². The monoisotopic (exact) mass is 379 g/mol. The van der Waals surface area contributed by atoms with E-state index < -0.39 is 6.10 Å².